The van der Waals surface area contributed by atoms with Crippen molar-refractivity contribution in [3.05, 3.63) is 59.2 Å². The maximum absolute atomic E-state index is 12.5. The minimum Gasteiger partial charge on any atom is -0.544 e. The van der Waals surface area contributed by atoms with E-state index in [1.165, 1.54) is 12.1 Å². The fourth-order valence-electron chi connectivity index (χ4n) is 2.78. The molecule has 2 aromatic carbocycles. The van der Waals surface area contributed by atoms with Crippen LogP contribution in [-0.2, 0) is 4.79 Å². The Hall–Kier alpha value is -2.57. The number of nitrogens with one attached hydrogen (secondary N) is 1. The van der Waals surface area contributed by atoms with Crippen LogP contribution < -0.4 is 9.74 Å². The third-order valence-electron chi connectivity index (χ3n) is 5.52. The first-order valence-electron chi connectivity index (χ1n) is 9.29. The number of aromatic carboxylic acids is 1. The first kappa shape index (κ1) is 21.1. The van der Waals surface area contributed by atoms with Crippen LogP contribution in [0.1, 0.15) is 42.3 Å². The molecule has 3 rings (SSSR count). The molecule has 0 aromatic heterocycles. The maximum Gasteiger partial charge on any atom is 0.335 e. The van der Waals surface area contributed by atoms with E-state index in [4.69, 9.17) is 16.0 Å². The van der Waals surface area contributed by atoms with Gasteiger partial charge in [0.1, 0.15) is 5.75 Å². The van der Waals surface area contributed by atoms with Gasteiger partial charge in [0, 0.05) is 11.3 Å². The van der Waals surface area contributed by atoms with Gasteiger partial charge in [0.05, 0.1) is 16.2 Å². The second kappa shape index (κ2) is 7.35. The first-order chi connectivity index (χ1) is 13.4. The summed E-state index contributed by atoms with van der Waals surface area (Å²) in [4.78, 5) is 23.8. The molecular formula is C22H24ClNO4Si. The second-order valence-electron chi connectivity index (χ2n) is 8.60. The highest BCUT2D eigenvalue weighted by molar-refractivity contribution is 6.74. The lowest BCUT2D eigenvalue weighted by Gasteiger charge is -2.36. The number of carbonyl (C=O) groups excluding carboxylic acids is 1. The van der Waals surface area contributed by atoms with Crippen molar-refractivity contribution in [1.82, 2.24) is 0 Å². The number of anilines is 1. The van der Waals surface area contributed by atoms with Crippen LogP contribution in [0.25, 0.3) is 10.6 Å². The van der Waals surface area contributed by atoms with Crippen molar-refractivity contribution >= 4 is 48.1 Å². The fraction of sp³-hybridized carbons (Fsp3) is 0.273. The van der Waals surface area contributed by atoms with Gasteiger partial charge in [-0.2, -0.15) is 0 Å². The van der Waals surface area contributed by atoms with Gasteiger partial charge in [-0.25, -0.2) is 4.79 Å². The first-order valence-corrected chi connectivity index (χ1v) is 12.6. The largest absolute Gasteiger partial charge is 0.544 e. The standard InChI is InChI=1S/C22H24ClNO4Si/c1-22(2,3)29(4,5)28-15-9-6-13(7-10-15)19(23)18-16-12-14(21(26)27)8-11-17(16)24-20(18)25/h6-12H,1-5H3,(H,24,25)(H,26,27). The minimum atomic E-state index is -1.96. The molecule has 2 aromatic rings. The molecule has 29 heavy (non-hydrogen) atoms. The van der Waals surface area contributed by atoms with Crippen LogP contribution in [0, 0.1) is 0 Å². The Morgan fingerprint density at radius 2 is 1.66 bits per heavy atom. The lowest BCUT2D eigenvalue weighted by molar-refractivity contribution is -0.110. The molecule has 0 spiro atoms. The zero-order chi connectivity index (χ0) is 21.6. The molecule has 1 heterocycles. The molecule has 0 saturated carbocycles. The van der Waals surface area contributed by atoms with E-state index in [1.54, 1.807) is 6.07 Å². The zero-order valence-corrected chi connectivity index (χ0v) is 18.8. The van der Waals surface area contributed by atoms with E-state index in [-0.39, 0.29) is 27.1 Å². The molecule has 2 N–H and O–H groups in total. The van der Waals surface area contributed by atoms with Crippen LogP contribution in [0.5, 0.6) is 5.75 Å². The summed E-state index contributed by atoms with van der Waals surface area (Å²) >= 11 is 6.56. The predicted molar refractivity (Wildman–Crippen MR) is 119 cm³/mol. The van der Waals surface area contributed by atoms with E-state index < -0.39 is 14.3 Å². The summed E-state index contributed by atoms with van der Waals surface area (Å²) in [7, 11) is -1.96. The molecule has 5 nitrogen and oxygen atoms in total. The van der Waals surface area contributed by atoms with Crippen molar-refractivity contribution in [2.24, 2.45) is 0 Å². The molecule has 7 heteroatoms. The van der Waals surface area contributed by atoms with Gasteiger partial charge in [-0.05, 0) is 66.2 Å². The van der Waals surface area contributed by atoms with Crippen molar-refractivity contribution in [3.63, 3.8) is 0 Å². The number of carboxylic acids is 1. The van der Waals surface area contributed by atoms with Gasteiger partial charge in [-0.3, -0.25) is 4.79 Å². The van der Waals surface area contributed by atoms with Gasteiger partial charge in [-0.15, -0.1) is 0 Å². The summed E-state index contributed by atoms with van der Waals surface area (Å²) in [6.45, 7) is 10.9. The van der Waals surface area contributed by atoms with Crippen LogP contribution in [-0.4, -0.2) is 25.3 Å². The van der Waals surface area contributed by atoms with Crippen molar-refractivity contribution in [3.8, 4) is 5.75 Å². The van der Waals surface area contributed by atoms with Gasteiger partial charge in [0.15, 0.2) is 0 Å². The predicted octanol–water partition coefficient (Wildman–Crippen LogP) is 5.83. The summed E-state index contributed by atoms with van der Waals surface area (Å²) < 4.78 is 6.28. The third kappa shape index (κ3) is 4.09. The number of carbonyl (C=O) groups is 2. The molecule has 152 valence electrons. The van der Waals surface area contributed by atoms with Gasteiger partial charge in [0.25, 0.3) is 5.91 Å². The topological polar surface area (TPSA) is 75.6 Å². The van der Waals surface area contributed by atoms with Crippen LogP contribution in [0.15, 0.2) is 42.5 Å². The number of benzene rings is 2. The summed E-state index contributed by atoms with van der Waals surface area (Å²) in [5.74, 6) is -0.650. The Bertz CT molecular complexity index is 1020. The molecule has 0 aliphatic carbocycles. The molecule has 0 saturated heterocycles. The number of halogens is 1. The molecule has 1 amide bonds. The fourth-order valence-corrected chi connectivity index (χ4v) is 4.12. The van der Waals surface area contributed by atoms with Crippen LogP contribution in [0.3, 0.4) is 0 Å². The molecule has 0 radical (unpaired) electrons. The number of carboxylic acid groups (broad SMARTS) is 1. The van der Waals surface area contributed by atoms with Gasteiger partial charge in [-0.1, -0.05) is 32.4 Å². The molecule has 1 aliphatic heterocycles. The van der Waals surface area contributed by atoms with E-state index in [0.29, 0.717) is 16.8 Å². The summed E-state index contributed by atoms with van der Waals surface area (Å²) in [5.41, 5.74) is 2.06. The smallest absolute Gasteiger partial charge is 0.335 e. The SMILES string of the molecule is CC(C)(C)[Si](C)(C)Oc1ccc(C(Cl)=C2C(=O)Nc3ccc(C(=O)O)cc32)cc1. The lowest BCUT2D eigenvalue weighted by atomic mass is 10.0. The van der Waals surface area contributed by atoms with Crippen molar-refractivity contribution in [2.75, 3.05) is 5.32 Å². The van der Waals surface area contributed by atoms with E-state index >= 15 is 0 Å². The zero-order valence-electron chi connectivity index (χ0n) is 17.1. The van der Waals surface area contributed by atoms with Crippen molar-refractivity contribution in [1.29, 1.82) is 0 Å². The van der Waals surface area contributed by atoms with E-state index in [1.807, 2.05) is 24.3 Å². The Labute approximate surface area is 176 Å². The molecule has 0 atom stereocenters. The molecular weight excluding hydrogens is 406 g/mol. The quantitative estimate of drug-likeness (QED) is 0.473. The van der Waals surface area contributed by atoms with Crippen molar-refractivity contribution in [2.45, 2.75) is 38.9 Å². The van der Waals surface area contributed by atoms with Crippen LogP contribution >= 0.6 is 11.6 Å². The minimum absolute atomic E-state index is 0.0821. The Kier molecular flexibility index (Phi) is 5.36. The van der Waals surface area contributed by atoms with Gasteiger partial charge >= 0.3 is 5.97 Å². The number of hydrogen-bond acceptors (Lipinski definition) is 3. The molecule has 0 bridgehead atoms. The Morgan fingerprint density at radius 3 is 2.21 bits per heavy atom. The summed E-state index contributed by atoms with van der Waals surface area (Å²) in [6, 6.07) is 11.8. The normalized spacial score (nSPS) is 15.6. The highest BCUT2D eigenvalue weighted by atomic mass is 35.5. The third-order valence-corrected chi connectivity index (χ3v) is 10.3. The highest BCUT2D eigenvalue weighted by Crippen LogP contribution is 2.40. The average Bonchev–Trinajstić information content (AvgIpc) is 2.95. The maximum atomic E-state index is 12.5. The molecule has 1 aliphatic rings. The van der Waals surface area contributed by atoms with E-state index in [2.05, 4.69) is 39.2 Å². The number of hydrogen-bond donors (Lipinski definition) is 2. The van der Waals surface area contributed by atoms with Gasteiger partial charge in [0.2, 0.25) is 8.32 Å². The average molecular weight is 430 g/mol. The summed E-state index contributed by atoms with van der Waals surface area (Å²) in [6.07, 6.45) is 0. The summed E-state index contributed by atoms with van der Waals surface area (Å²) in [5, 5.41) is 12.3. The van der Waals surface area contributed by atoms with Gasteiger partial charge < -0.3 is 14.8 Å². The monoisotopic (exact) mass is 429 g/mol. The molecule has 0 unspecified atom stereocenters. The van der Waals surface area contributed by atoms with E-state index in [9.17, 15) is 14.7 Å². The van der Waals surface area contributed by atoms with Crippen molar-refractivity contribution < 1.29 is 19.1 Å². The number of rotatable bonds is 4. The number of fused-ring (bicyclic) bond motifs is 1. The Morgan fingerprint density at radius 1 is 1.07 bits per heavy atom. The Balaban J connectivity index is 1.96. The van der Waals surface area contributed by atoms with E-state index in [0.717, 1.165) is 5.75 Å². The lowest BCUT2D eigenvalue weighted by Crippen LogP contribution is -2.43. The highest BCUT2D eigenvalue weighted by Gasteiger charge is 2.39. The van der Waals surface area contributed by atoms with Crippen LogP contribution in [0.4, 0.5) is 5.69 Å². The molecule has 0 fully saturated rings. The second-order valence-corrected chi connectivity index (χ2v) is 13.7. The van der Waals surface area contributed by atoms with Crippen LogP contribution in [0.2, 0.25) is 18.1 Å². The number of amides is 1.